The fourth-order valence-corrected chi connectivity index (χ4v) is 1.10. The van der Waals surface area contributed by atoms with Gasteiger partial charge in [0.05, 0.1) is 12.8 Å². The molecule has 0 fully saturated rings. The molecule has 4 nitrogen and oxygen atoms in total. The number of rotatable bonds is 4. The molecule has 0 amide bonds. The second-order valence-electron chi connectivity index (χ2n) is 2.72. The highest BCUT2D eigenvalue weighted by molar-refractivity contribution is 6.32. The Hall–Kier alpha value is -0.870. The lowest BCUT2D eigenvalue weighted by atomic mass is 10.3. The van der Waals surface area contributed by atoms with Crippen molar-refractivity contribution < 1.29 is 4.74 Å². The molecule has 5 heteroatoms. The Kier molecular flexibility index (Phi) is 3.92. The molecule has 0 aliphatic heterocycles. The number of methoxy groups -OCH3 is 1. The molecule has 0 saturated heterocycles. The van der Waals surface area contributed by atoms with E-state index < -0.39 is 0 Å². The van der Waals surface area contributed by atoms with Crippen LogP contribution in [-0.2, 0) is 4.74 Å². The number of aromatic nitrogens is 2. The predicted octanol–water partition coefficient (Wildman–Crippen LogP) is 1.58. The first-order valence-electron chi connectivity index (χ1n) is 3.95. The average Bonchev–Trinajstić information content (AvgIpc) is 2.09. The van der Waals surface area contributed by atoms with Crippen LogP contribution in [0.2, 0.25) is 5.02 Å². The van der Waals surface area contributed by atoms with Crippen LogP contribution in [0.25, 0.3) is 0 Å². The molecular formula is C8H12ClN3O. The first-order chi connectivity index (χ1) is 6.24. The summed E-state index contributed by atoms with van der Waals surface area (Å²) in [7, 11) is 1.65. The monoisotopic (exact) mass is 201 g/mol. The number of anilines is 1. The number of ether oxygens (including phenoxy) is 1. The molecule has 1 aromatic rings. The van der Waals surface area contributed by atoms with E-state index in [-0.39, 0.29) is 6.04 Å². The molecule has 0 saturated carbocycles. The third-order valence-electron chi connectivity index (χ3n) is 1.47. The van der Waals surface area contributed by atoms with E-state index in [0.29, 0.717) is 17.4 Å². The smallest absolute Gasteiger partial charge is 0.148 e. The normalized spacial score (nSPS) is 12.5. The summed E-state index contributed by atoms with van der Waals surface area (Å²) in [6.45, 7) is 2.60. The van der Waals surface area contributed by atoms with Gasteiger partial charge in [-0.3, -0.25) is 0 Å². The molecule has 0 bridgehead atoms. The summed E-state index contributed by atoms with van der Waals surface area (Å²) in [5.74, 6) is 0.640. The highest BCUT2D eigenvalue weighted by Gasteiger charge is 2.05. The fraction of sp³-hybridized carbons (Fsp3) is 0.500. The number of nitrogens with one attached hydrogen (secondary N) is 1. The second kappa shape index (κ2) is 4.99. The van der Waals surface area contributed by atoms with Gasteiger partial charge in [-0.1, -0.05) is 11.6 Å². The molecular weight excluding hydrogens is 190 g/mol. The summed E-state index contributed by atoms with van der Waals surface area (Å²) in [5.41, 5.74) is 0. The third kappa shape index (κ3) is 3.16. The van der Waals surface area contributed by atoms with Crippen molar-refractivity contribution >= 4 is 17.4 Å². The van der Waals surface area contributed by atoms with E-state index in [1.54, 1.807) is 13.3 Å². The van der Waals surface area contributed by atoms with Gasteiger partial charge in [-0.25, -0.2) is 9.97 Å². The molecule has 0 aliphatic rings. The first-order valence-corrected chi connectivity index (χ1v) is 4.33. The Morgan fingerprint density at radius 2 is 2.46 bits per heavy atom. The van der Waals surface area contributed by atoms with Crippen LogP contribution in [0, 0.1) is 0 Å². The molecule has 1 rings (SSSR count). The maximum atomic E-state index is 5.84. The van der Waals surface area contributed by atoms with Crippen LogP contribution < -0.4 is 5.32 Å². The van der Waals surface area contributed by atoms with Gasteiger partial charge in [0, 0.05) is 13.2 Å². The number of nitrogens with zero attached hydrogens (tertiary/aromatic N) is 2. The summed E-state index contributed by atoms with van der Waals surface area (Å²) >= 11 is 5.84. The molecule has 13 heavy (non-hydrogen) atoms. The largest absolute Gasteiger partial charge is 0.383 e. The molecule has 0 aliphatic carbocycles. The van der Waals surface area contributed by atoms with Crippen LogP contribution in [0.4, 0.5) is 5.82 Å². The Morgan fingerprint density at radius 3 is 3.08 bits per heavy atom. The van der Waals surface area contributed by atoms with Crippen molar-refractivity contribution in [2.45, 2.75) is 13.0 Å². The number of hydrogen-bond donors (Lipinski definition) is 1. The highest BCUT2D eigenvalue weighted by Crippen LogP contribution is 2.16. The van der Waals surface area contributed by atoms with Crippen LogP contribution in [-0.4, -0.2) is 29.7 Å². The minimum Gasteiger partial charge on any atom is -0.383 e. The molecule has 0 aromatic carbocycles. The van der Waals surface area contributed by atoms with E-state index in [9.17, 15) is 0 Å². The average molecular weight is 202 g/mol. The van der Waals surface area contributed by atoms with Crippen molar-refractivity contribution in [3.05, 3.63) is 17.5 Å². The van der Waals surface area contributed by atoms with E-state index in [0.717, 1.165) is 0 Å². The van der Waals surface area contributed by atoms with E-state index >= 15 is 0 Å². The van der Waals surface area contributed by atoms with Crippen molar-refractivity contribution in [2.75, 3.05) is 19.0 Å². The Bertz CT molecular complexity index is 269. The standard InChI is InChI=1S/C8H12ClN3O/c1-6(4-13-2)12-8-7(9)3-10-5-11-8/h3,5-6H,4H2,1-2H3,(H,10,11,12). The lowest BCUT2D eigenvalue weighted by molar-refractivity contribution is 0.190. The molecule has 0 radical (unpaired) electrons. The van der Waals surface area contributed by atoms with Gasteiger partial charge in [-0.05, 0) is 6.92 Å². The fourth-order valence-electron chi connectivity index (χ4n) is 0.944. The van der Waals surface area contributed by atoms with Crippen molar-refractivity contribution in [3.63, 3.8) is 0 Å². The van der Waals surface area contributed by atoms with Crippen LogP contribution in [0.3, 0.4) is 0 Å². The molecule has 1 heterocycles. The highest BCUT2D eigenvalue weighted by atomic mass is 35.5. The minimum absolute atomic E-state index is 0.178. The lowest BCUT2D eigenvalue weighted by Gasteiger charge is -2.13. The maximum Gasteiger partial charge on any atom is 0.148 e. The maximum absolute atomic E-state index is 5.84. The van der Waals surface area contributed by atoms with Gasteiger partial charge in [-0.2, -0.15) is 0 Å². The van der Waals surface area contributed by atoms with E-state index in [1.807, 2.05) is 6.92 Å². The Morgan fingerprint density at radius 1 is 1.69 bits per heavy atom. The third-order valence-corrected chi connectivity index (χ3v) is 1.74. The number of hydrogen-bond acceptors (Lipinski definition) is 4. The summed E-state index contributed by atoms with van der Waals surface area (Å²) in [6, 6.07) is 0.178. The molecule has 1 unspecified atom stereocenters. The van der Waals surface area contributed by atoms with Gasteiger partial charge in [0.25, 0.3) is 0 Å². The lowest BCUT2D eigenvalue weighted by Crippen LogP contribution is -2.21. The van der Waals surface area contributed by atoms with Gasteiger partial charge in [-0.15, -0.1) is 0 Å². The Labute approximate surface area is 82.3 Å². The van der Waals surface area contributed by atoms with Crippen molar-refractivity contribution in [2.24, 2.45) is 0 Å². The van der Waals surface area contributed by atoms with Crippen LogP contribution in [0.5, 0.6) is 0 Å². The minimum atomic E-state index is 0.178. The summed E-state index contributed by atoms with van der Waals surface area (Å²) in [5, 5.41) is 3.62. The quantitative estimate of drug-likeness (QED) is 0.804. The zero-order valence-electron chi connectivity index (χ0n) is 7.62. The van der Waals surface area contributed by atoms with E-state index in [1.165, 1.54) is 6.33 Å². The van der Waals surface area contributed by atoms with Gasteiger partial charge >= 0.3 is 0 Å². The topological polar surface area (TPSA) is 47.0 Å². The zero-order chi connectivity index (χ0) is 9.68. The van der Waals surface area contributed by atoms with Crippen LogP contribution in [0.1, 0.15) is 6.92 Å². The number of halogens is 1. The van der Waals surface area contributed by atoms with E-state index in [4.69, 9.17) is 16.3 Å². The van der Waals surface area contributed by atoms with Crippen LogP contribution >= 0.6 is 11.6 Å². The molecule has 1 aromatic heterocycles. The van der Waals surface area contributed by atoms with E-state index in [2.05, 4.69) is 15.3 Å². The molecule has 72 valence electrons. The summed E-state index contributed by atoms with van der Waals surface area (Å²) in [4.78, 5) is 7.77. The summed E-state index contributed by atoms with van der Waals surface area (Å²) < 4.78 is 4.97. The SMILES string of the molecule is COCC(C)Nc1ncncc1Cl. The van der Waals surface area contributed by atoms with Crippen molar-refractivity contribution in [1.82, 2.24) is 9.97 Å². The van der Waals surface area contributed by atoms with Crippen molar-refractivity contribution in [1.29, 1.82) is 0 Å². The second-order valence-corrected chi connectivity index (χ2v) is 3.13. The predicted molar refractivity (Wildman–Crippen MR) is 52.0 cm³/mol. The van der Waals surface area contributed by atoms with Gasteiger partial charge in [0.15, 0.2) is 0 Å². The molecule has 1 N–H and O–H groups in total. The molecule has 0 spiro atoms. The van der Waals surface area contributed by atoms with Crippen LogP contribution in [0.15, 0.2) is 12.5 Å². The van der Waals surface area contributed by atoms with Crippen molar-refractivity contribution in [3.8, 4) is 0 Å². The van der Waals surface area contributed by atoms with Gasteiger partial charge in [0.1, 0.15) is 17.2 Å². The molecule has 1 atom stereocenters. The Balaban J connectivity index is 2.58. The zero-order valence-corrected chi connectivity index (χ0v) is 8.38. The van der Waals surface area contributed by atoms with Gasteiger partial charge in [0.2, 0.25) is 0 Å². The van der Waals surface area contributed by atoms with Gasteiger partial charge < -0.3 is 10.1 Å². The first kappa shape index (κ1) is 10.2. The summed E-state index contributed by atoms with van der Waals surface area (Å²) in [6.07, 6.45) is 3.00.